The topological polar surface area (TPSA) is 50.3 Å². The molecule has 100 valence electrons. The molecule has 1 fully saturated rings. The number of aromatic nitrogens is 2. The van der Waals surface area contributed by atoms with Crippen LogP contribution in [0.2, 0.25) is 5.02 Å². The fourth-order valence-corrected chi connectivity index (χ4v) is 2.07. The molecule has 1 aromatic rings. The molecule has 0 saturated carbocycles. The number of nitrogens with one attached hydrogen (secondary N) is 1. The van der Waals surface area contributed by atoms with E-state index in [1.54, 1.807) is 6.20 Å². The van der Waals surface area contributed by atoms with Crippen molar-refractivity contribution in [2.75, 3.05) is 32.0 Å². The highest BCUT2D eigenvalue weighted by molar-refractivity contribution is 6.31. The van der Waals surface area contributed by atoms with Gasteiger partial charge in [0.15, 0.2) is 0 Å². The van der Waals surface area contributed by atoms with Gasteiger partial charge >= 0.3 is 0 Å². The molecule has 0 amide bonds. The van der Waals surface area contributed by atoms with Gasteiger partial charge in [-0.2, -0.15) is 4.98 Å². The van der Waals surface area contributed by atoms with E-state index in [-0.39, 0.29) is 6.10 Å². The Morgan fingerprint density at radius 3 is 2.89 bits per heavy atom. The molecule has 0 aromatic carbocycles. The maximum atomic E-state index is 6.06. The highest BCUT2D eigenvalue weighted by atomic mass is 35.5. The largest absolute Gasteiger partial charge is 0.473 e. The zero-order valence-electron chi connectivity index (χ0n) is 10.8. The second-order valence-corrected chi connectivity index (χ2v) is 4.90. The van der Waals surface area contributed by atoms with Crippen molar-refractivity contribution in [2.24, 2.45) is 0 Å². The lowest BCUT2D eigenvalue weighted by Gasteiger charge is -2.29. The van der Waals surface area contributed by atoms with Gasteiger partial charge in [-0.15, -0.1) is 0 Å². The van der Waals surface area contributed by atoms with Crippen molar-refractivity contribution < 1.29 is 4.74 Å². The van der Waals surface area contributed by atoms with Crippen molar-refractivity contribution in [3.8, 4) is 5.88 Å². The number of ether oxygens (including phenoxy) is 1. The van der Waals surface area contributed by atoms with Crippen molar-refractivity contribution in [3.05, 3.63) is 11.2 Å². The maximum Gasteiger partial charge on any atom is 0.237 e. The molecular formula is C12H19ClN4O. The van der Waals surface area contributed by atoms with E-state index in [4.69, 9.17) is 16.3 Å². The minimum Gasteiger partial charge on any atom is -0.473 e. The fourth-order valence-electron chi connectivity index (χ4n) is 1.94. The lowest BCUT2D eigenvalue weighted by atomic mass is 10.1. The van der Waals surface area contributed by atoms with Gasteiger partial charge in [-0.25, -0.2) is 4.98 Å². The first-order valence-electron chi connectivity index (χ1n) is 6.30. The van der Waals surface area contributed by atoms with Gasteiger partial charge in [0.25, 0.3) is 0 Å². The monoisotopic (exact) mass is 270 g/mol. The zero-order valence-corrected chi connectivity index (χ0v) is 11.6. The Hall–Kier alpha value is -1.07. The lowest BCUT2D eigenvalue weighted by molar-refractivity contribution is 0.110. The summed E-state index contributed by atoms with van der Waals surface area (Å²) in [7, 11) is 2.12. The van der Waals surface area contributed by atoms with Crippen molar-refractivity contribution >= 4 is 17.5 Å². The third-order valence-corrected chi connectivity index (χ3v) is 3.25. The van der Waals surface area contributed by atoms with Gasteiger partial charge in [-0.05, 0) is 26.8 Å². The van der Waals surface area contributed by atoms with E-state index in [1.807, 2.05) is 6.92 Å². The van der Waals surface area contributed by atoms with E-state index < -0.39 is 0 Å². The molecule has 1 aliphatic heterocycles. The minimum atomic E-state index is 0.197. The number of halogens is 1. The van der Waals surface area contributed by atoms with Crippen LogP contribution >= 0.6 is 11.6 Å². The minimum absolute atomic E-state index is 0.197. The summed E-state index contributed by atoms with van der Waals surface area (Å²) >= 11 is 6.06. The van der Waals surface area contributed by atoms with Crippen molar-refractivity contribution in [1.29, 1.82) is 0 Å². The summed E-state index contributed by atoms with van der Waals surface area (Å²) < 4.78 is 5.87. The van der Waals surface area contributed by atoms with Crippen molar-refractivity contribution in [2.45, 2.75) is 25.9 Å². The van der Waals surface area contributed by atoms with Crippen LogP contribution in [-0.4, -0.2) is 47.7 Å². The Kier molecular flexibility index (Phi) is 4.60. The number of anilines is 1. The molecule has 1 aliphatic rings. The van der Waals surface area contributed by atoms with Crippen LogP contribution in [0.3, 0.4) is 0 Å². The van der Waals surface area contributed by atoms with Crippen LogP contribution in [0.25, 0.3) is 0 Å². The number of hydrogen-bond donors (Lipinski definition) is 1. The highest BCUT2D eigenvalue weighted by Gasteiger charge is 2.20. The lowest BCUT2D eigenvalue weighted by Crippen LogP contribution is -2.35. The molecule has 0 radical (unpaired) electrons. The highest BCUT2D eigenvalue weighted by Crippen LogP contribution is 2.25. The Balaban J connectivity index is 2.01. The molecule has 1 N–H and O–H groups in total. The van der Waals surface area contributed by atoms with Crippen LogP contribution < -0.4 is 10.1 Å². The Labute approximate surface area is 113 Å². The molecule has 1 saturated heterocycles. The van der Waals surface area contributed by atoms with Gasteiger partial charge < -0.3 is 15.0 Å². The second-order valence-electron chi connectivity index (χ2n) is 4.50. The Morgan fingerprint density at radius 2 is 2.22 bits per heavy atom. The summed E-state index contributed by atoms with van der Waals surface area (Å²) in [5, 5.41) is 3.52. The first kappa shape index (κ1) is 13.4. The van der Waals surface area contributed by atoms with Crippen LogP contribution in [0.1, 0.15) is 19.8 Å². The Morgan fingerprint density at radius 1 is 1.50 bits per heavy atom. The van der Waals surface area contributed by atoms with Gasteiger partial charge in [-0.3, -0.25) is 0 Å². The predicted octanol–water partition coefficient (Wildman–Crippen LogP) is 2.03. The van der Waals surface area contributed by atoms with Crippen molar-refractivity contribution in [1.82, 2.24) is 14.9 Å². The molecule has 6 heteroatoms. The third kappa shape index (κ3) is 3.46. The van der Waals surface area contributed by atoms with Crippen LogP contribution in [-0.2, 0) is 0 Å². The van der Waals surface area contributed by atoms with Crippen LogP contribution in [0.15, 0.2) is 6.20 Å². The molecule has 5 nitrogen and oxygen atoms in total. The Bertz CT molecular complexity index is 394. The number of hydrogen-bond acceptors (Lipinski definition) is 5. The number of likely N-dealkylation sites (tertiary alicyclic amines) is 1. The van der Waals surface area contributed by atoms with Gasteiger partial charge in [0.2, 0.25) is 11.8 Å². The van der Waals surface area contributed by atoms with Crippen molar-refractivity contribution in [3.63, 3.8) is 0 Å². The molecule has 18 heavy (non-hydrogen) atoms. The van der Waals surface area contributed by atoms with Gasteiger partial charge in [-0.1, -0.05) is 11.6 Å². The van der Waals surface area contributed by atoms with E-state index in [2.05, 4.69) is 27.2 Å². The van der Waals surface area contributed by atoms with E-state index in [0.717, 1.165) is 32.5 Å². The van der Waals surface area contributed by atoms with Crippen LogP contribution in [0.4, 0.5) is 5.95 Å². The smallest absolute Gasteiger partial charge is 0.237 e. The first-order valence-corrected chi connectivity index (χ1v) is 6.68. The normalized spacial score (nSPS) is 17.7. The summed E-state index contributed by atoms with van der Waals surface area (Å²) in [5.74, 6) is 1.04. The number of nitrogens with zero attached hydrogens (tertiary/aromatic N) is 3. The van der Waals surface area contributed by atoms with Crippen LogP contribution in [0.5, 0.6) is 5.88 Å². The maximum absolute atomic E-state index is 6.06. The predicted molar refractivity (Wildman–Crippen MR) is 72.4 cm³/mol. The van der Waals surface area contributed by atoms with Crippen LogP contribution in [0, 0.1) is 0 Å². The number of rotatable bonds is 4. The zero-order chi connectivity index (χ0) is 13.0. The van der Waals surface area contributed by atoms with Gasteiger partial charge in [0.05, 0.1) is 6.20 Å². The van der Waals surface area contributed by atoms with Gasteiger partial charge in [0, 0.05) is 19.6 Å². The standard InChI is InChI=1S/C12H19ClN4O/c1-3-14-12-15-8-10(13)11(16-12)18-9-4-6-17(2)7-5-9/h8-9H,3-7H2,1-2H3,(H,14,15,16). The third-order valence-electron chi connectivity index (χ3n) is 2.99. The van der Waals surface area contributed by atoms with E-state index in [9.17, 15) is 0 Å². The fraction of sp³-hybridized carbons (Fsp3) is 0.667. The molecule has 0 aliphatic carbocycles. The number of piperidine rings is 1. The molecule has 0 spiro atoms. The summed E-state index contributed by atoms with van der Waals surface area (Å²) in [6, 6.07) is 0. The van der Waals surface area contributed by atoms with E-state index in [0.29, 0.717) is 16.9 Å². The van der Waals surface area contributed by atoms with Gasteiger partial charge in [0.1, 0.15) is 11.1 Å². The summed E-state index contributed by atoms with van der Waals surface area (Å²) in [4.78, 5) is 10.7. The molecular weight excluding hydrogens is 252 g/mol. The van der Waals surface area contributed by atoms with E-state index in [1.165, 1.54) is 0 Å². The summed E-state index contributed by atoms with van der Waals surface area (Å²) in [6.07, 6.45) is 3.79. The quantitative estimate of drug-likeness (QED) is 0.907. The molecule has 0 unspecified atom stereocenters. The molecule has 2 rings (SSSR count). The SMILES string of the molecule is CCNc1ncc(Cl)c(OC2CCN(C)CC2)n1. The summed E-state index contributed by atoms with van der Waals surface area (Å²) in [6.45, 7) is 4.87. The van der Waals surface area contributed by atoms with E-state index >= 15 is 0 Å². The average Bonchev–Trinajstić information content (AvgIpc) is 2.36. The second kappa shape index (κ2) is 6.20. The summed E-state index contributed by atoms with van der Waals surface area (Å²) in [5.41, 5.74) is 0. The first-order chi connectivity index (χ1) is 8.69. The molecule has 0 atom stereocenters. The molecule has 1 aromatic heterocycles. The average molecular weight is 271 g/mol. The molecule has 0 bridgehead atoms. The molecule has 2 heterocycles.